The van der Waals surface area contributed by atoms with Crippen LogP contribution in [0.2, 0.25) is 0 Å². The van der Waals surface area contributed by atoms with Crippen LogP contribution < -0.4 is 5.73 Å². The quantitative estimate of drug-likeness (QED) is 0.904. The lowest BCUT2D eigenvalue weighted by molar-refractivity contribution is -0.129. The zero-order valence-electron chi connectivity index (χ0n) is 13.7. The van der Waals surface area contributed by atoms with E-state index in [4.69, 9.17) is 5.73 Å². The summed E-state index contributed by atoms with van der Waals surface area (Å²) in [5.74, 6) is 1.30. The van der Waals surface area contributed by atoms with Crippen LogP contribution in [0, 0.1) is 11.8 Å². The minimum atomic E-state index is -0.0906. The molecular weight excluding hydrogens is 260 g/mol. The van der Waals surface area contributed by atoms with Crippen molar-refractivity contribution in [2.45, 2.75) is 52.6 Å². The Morgan fingerprint density at radius 1 is 1.14 bits per heavy atom. The van der Waals surface area contributed by atoms with Gasteiger partial charge in [-0.3, -0.25) is 4.79 Å². The average Bonchev–Trinajstić information content (AvgIpc) is 2.64. The van der Waals surface area contributed by atoms with E-state index in [1.54, 1.807) is 0 Å². The summed E-state index contributed by atoms with van der Waals surface area (Å²) < 4.78 is 0. The van der Waals surface area contributed by atoms with E-state index in [2.05, 4.69) is 52.0 Å². The third-order valence-electron chi connectivity index (χ3n) is 4.00. The van der Waals surface area contributed by atoms with Crippen LogP contribution >= 0.6 is 0 Å². The van der Waals surface area contributed by atoms with E-state index in [0.717, 1.165) is 13.0 Å². The lowest BCUT2D eigenvalue weighted by Gasteiger charge is -2.29. The molecule has 1 aliphatic heterocycles. The number of rotatable bonds is 5. The zero-order valence-corrected chi connectivity index (χ0v) is 13.7. The van der Waals surface area contributed by atoms with Gasteiger partial charge >= 0.3 is 0 Å². The highest BCUT2D eigenvalue weighted by molar-refractivity contribution is 5.80. The zero-order chi connectivity index (χ0) is 15.6. The van der Waals surface area contributed by atoms with E-state index in [1.165, 1.54) is 11.1 Å². The van der Waals surface area contributed by atoms with Gasteiger partial charge in [0.25, 0.3) is 0 Å². The van der Waals surface area contributed by atoms with Crippen LogP contribution in [0.25, 0.3) is 0 Å². The van der Waals surface area contributed by atoms with Crippen LogP contribution in [-0.2, 0) is 11.2 Å². The van der Waals surface area contributed by atoms with Gasteiger partial charge in [-0.1, -0.05) is 52.0 Å². The second-order valence-corrected chi connectivity index (χ2v) is 7.09. The number of carbonyl (C=O) groups excluding carboxylic acids is 1. The molecular formula is C18H28N2O. The molecule has 3 heteroatoms. The molecule has 1 aromatic carbocycles. The number of benzene rings is 1. The molecule has 0 spiro atoms. The van der Waals surface area contributed by atoms with Crippen LogP contribution in [0.1, 0.15) is 51.3 Å². The highest BCUT2D eigenvalue weighted by atomic mass is 16.2. The third-order valence-corrected chi connectivity index (χ3v) is 4.00. The Bertz CT molecular complexity index is 478. The molecule has 2 unspecified atom stereocenters. The van der Waals surface area contributed by atoms with Crippen LogP contribution in [-0.4, -0.2) is 23.4 Å². The molecule has 1 heterocycles. The first kappa shape index (κ1) is 16.0. The number of nitrogens with zero attached hydrogens (tertiary/aromatic N) is 1. The van der Waals surface area contributed by atoms with Gasteiger partial charge in [-0.25, -0.2) is 0 Å². The SMILES string of the molecule is CC(C)Cc1ccc(C2C(N)CC(=O)N2CC(C)C)cc1. The summed E-state index contributed by atoms with van der Waals surface area (Å²) >= 11 is 0. The fourth-order valence-electron chi connectivity index (χ4n) is 3.17. The van der Waals surface area contributed by atoms with E-state index in [0.29, 0.717) is 18.3 Å². The largest absolute Gasteiger partial charge is 0.334 e. The van der Waals surface area contributed by atoms with Gasteiger partial charge in [-0.15, -0.1) is 0 Å². The highest BCUT2D eigenvalue weighted by Crippen LogP contribution is 2.33. The molecule has 1 saturated heterocycles. The topological polar surface area (TPSA) is 46.3 Å². The molecule has 1 aliphatic rings. The lowest BCUT2D eigenvalue weighted by atomic mass is 9.96. The molecule has 1 aromatic rings. The second kappa shape index (κ2) is 6.61. The molecule has 0 saturated carbocycles. The van der Waals surface area contributed by atoms with E-state index in [9.17, 15) is 4.79 Å². The van der Waals surface area contributed by atoms with E-state index < -0.39 is 0 Å². The summed E-state index contributed by atoms with van der Waals surface area (Å²) in [6.45, 7) is 9.51. The highest BCUT2D eigenvalue weighted by Gasteiger charge is 2.38. The van der Waals surface area contributed by atoms with Crippen molar-refractivity contribution in [2.75, 3.05) is 6.54 Å². The number of amides is 1. The molecule has 0 radical (unpaired) electrons. The van der Waals surface area contributed by atoms with Gasteiger partial charge < -0.3 is 10.6 Å². The molecule has 21 heavy (non-hydrogen) atoms. The Balaban J connectivity index is 2.19. The van der Waals surface area contributed by atoms with Crippen molar-refractivity contribution in [3.63, 3.8) is 0 Å². The molecule has 0 aromatic heterocycles. The molecule has 3 nitrogen and oxygen atoms in total. The minimum Gasteiger partial charge on any atom is -0.334 e. The number of hydrogen-bond donors (Lipinski definition) is 1. The maximum atomic E-state index is 12.2. The van der Waals surface area contributed by atoms with Crippen molar-refractivity contribution in [2.24, 2.45) is 17.6 Å². The molecule has 2 atom stereocenters. The number of likely N-dealkylation sites (tertiary alicyclic amines) is 1. The Kier molecular flexibility index (Phi) is 5.04. The average molecular weight is 288 g/mol. The molecule has 1 fully saturated rings. The predicted molar refractivity (Wildman–Crippen MR) is 86.9 cm³/mol. The van der Waals surface area contributed by atoms with Crippen molar-refractivity contribution in [1.29, 1.82) is 0 Å². The van der Waals surface area contributed by atoms with Crippen molar-refractivity contribution in [3.05, 3.63) is 35.4 Å². The Morgan fingerprint density at radius 2 is 1.76 bits per heavy atom. The van der Waals surface area contributed by atoms with Gasteiger partial charge in [-0.05, 0) is 29.4 Å². The maximum Gasteiger partial charge on any atom is 0.224 e. The Labute approximate surface area is 128 Å². The fourth-order valence-corrected chi connectivity index (χ4v) is 3.17. The Hall–Kier alpha value is -1.35. The molecule has 116 valence electrons. The Morgan fingerprint density at radius 3 is 2.29 bits per heavy atom. The molecule has 2 rings (SSSR count). The van der Waals surface area contributed by atoms with Crippen LogP contribution in [0.15, 0.2) is 24.3 Å². The number of hydrogen-bond acceptors (Lipinski definition) is 2. The summed E-state index contributed by atoms with van der Waals surface area (Å²) in [5, 5.41) is 0. The van der Waals surface area contributed by atoms with Gasteiger partial charge in [0.2, 0.25) is 5.91 Å². The standard InChI is InChI=1S/C18H28N2O/c1-12(2)9-14-5-7-15(8-6-14)18-16(19)10-17(21)20(18)11-13(3)4/h5-8,12-13,16,18H,9-11,19H2,1-4H3. The molecule has 2 N–H and O–H groups in total. The smallest absolute Gasteiger partial charge is 0.224 e. The van der Waals surface area contributed by atoms with Crippen LogP contribution in [0.5, 0.6) is 0 Å². The van der Waals surface area contributed by atoms with Crippen molar-refractivity contribution in [3.8, 4) is 0 Å². The summed E-state index contributed by atoms with van der Waals surface area (Å²) in [6.07, 6.45) is 1.55. The van der Waals surface area contributed by atoms with E-state index >= 15 is 0 Å². The van der Waals surface area contributed by atoms with Crippen molar-refractivity contribution < 1.29 is 4.79 Å². The fraction of sp³-hybridized carbons (Fsp3) is 0.611. The monoisotopic (exact) mass is 288 g/mol. The summed E-state index contributed by atoms with van der Waals surface area (Å²) in [4.78, 5) is 14.1. The normalized spacial score (nSPS) is 22.6. The van der Waals surface area contributed by atoms with Crippen molar-refractivity contribution in [1.82, 2.24) is 4.90 Å². The van der Waals surface area contributed by atoms with Gasteiger partial charge in [0, 0.05) is 19.0 Å². The van der Waals surface area contributed by atoms with Gasteiger partial charge in [0.05, 0.1) is 6.04 Å². The third kappa shape index (κ3) is 3.85. The first-order chi connectivity index (χ1) is 9.88. The summed E-state index contributed by atoms with van der Waals surface area (Å²) in [5.41, 5.74) is 8.74. The summed E-state index contributed by atoms with van der Waals surface area (Å²) in [7, 11) is 0. The van der Waals surface area contributed by atoms with Gasteiger partial charge in [0.1, 0.15) is 0 Å². The van der Waals surface area contributed by atoms with E-state index in [-0.39, 0.29) is 18.0 Å². The second-order valence-electron chi connectivity index (χ2n) is 7.09. The molecule has 0 aliphatic carbocycles. The summed E-state index contributed by atoms with van der Waals surface area (Å²) in [6, 6.07) is 8.60. The number of nitrogens with two attached hydrogens (primary N) is 1. The number of carbonyl (C=O) groups is 1. The van der Waals surface area contributed by atoms with E-state index in [1.807, 2.05) is 4.90 Å². The molecule has 1 amide bonds. The molecule has 0 bridgehead atoms. The van der Waals surface area contributed by atoms with Crippen LogP contribution in [0.3, 0.4) is 0 Å². The predicted octanol–water partition coefficient (Wildman–Crippen LogP) is 3.14. The van der Waals surface area contributed by atoms with Gasteiger partial charge in [0.15, 0.2) is 0 Å². The van der Waals surface area contributed by atoms with Gasteiger partial charge in [-0.2, -0.15) is 0 Å². The van der Waals surface area contributed by atoms with Crippen LogP contribution in [0.4, 0.5) is 0 Å². The first-order valence-electron chi connectivity index (χ1n) is 8.02. The van der Waals surface area contributed by atoms with Crippen molar-refractivity contribution >= 4 is 5.91 Å². The lowest BCUT2D eigenvalue weighted by Crippen LogP contribution is -2.35. The first-order valence-corrected chi connectivity index (χ1v) is 8.02. The minimum absolute atomic E-state index is 0.0352. The maximum absolute atomic E-state index is 12.2.